The van der Waals surface area contributed by atoms with Gasteiger partial charge in [-0.25, -0.2) is 0 Å². The maximum absolute atomic E-state index is 5.69. The molecule has 0 amide bonds. The zero-order valence-electron chi connectivity index (χ0n) is 10.5. The van der Waals surface area contributed by atoms with Gasteiger partial charge in [0.1, 0.15) is 0 Å². The van der Waals surface area contributed by atoms with Crippen LogP contribution < -0.4 is 0 Å². The van der Waals surface area contributed by atoms with Gasteiger partial charge in [0.2, 0.25) is 0 Å². The minimum absolute atomic E-state index is 0.578. The standard InChI is InChI=1S/C13H23NO3/c1-5-16-9-11(1)13-10-17-8-4-14(13)12-2-6-15-7-3-12/h11-13H,1-10H2. The van der Waals surface area contributed by atoms with Crippen molar-refractivity contribution in [2.24, 2.45) is 5.92 Å². The molecule has 3 saturated heterocycles. The lowest BCUT2D eigenvalue weighted by Crippen LogP contribution is -2.55. The zero-order valence-corrected chi connectivity index (χ0v) is 10.5. The first-order valence-electron chi connectivity index (χ1n) is 6.94. The van der Waals surface area contributed by atoms with Gasteiger partial charge < -0.3 is 14.2 Å². The van der Waals surface area contributed by atoms with E-state index in [2.05, 4.69) is 4.90 Å². The molecule has 0 aromatic carbocycles. The van der Waals surface area contributed by atoms with Crippen molar-refractivity contribution in [3.8, 4) is 0 Å². The summed E-state index contributed by atoms with van der Waals surface area (Å²) in [7, 11) is 0. The van der Waals surface area contributed by atoms with Gasteiger partial charge in [-0.1, -0.05) is 0 Å². The third-order valence-corrected chi connectivity index (χ3v) is 4.38. The highest BCUT2D eigenvalue weighted by atomic mass is 16.5. The van der Waals surface area contributed by atoms with Crippen LogP contribution >= 0.6 is 0 Å². The Morgan fingerprint density at radius 1 is 0.765 bits per heavy atom. The van der Waals surface area contributed by atoms with E-state index in [1.165, 1.54) is 19.3 Å². The van der Waals surface area contributed by atoms with E-state index >= 15 is 0 Å². The second-order valence-electron chi connectivity index (χ2n) is 5.35. The van der Waals surface area contributed by atoms with Crippen LogP contribution in [-0.4, -0.2) is 63.2 Å². The normalized spacial score (nSPS) is 37.4. The number of morpholine rings is 1. The molecule has 2 unspecified atom stereocenters. The third kappa shape index (κ3) is 2.65. The fourth-order valence-electron chi connectivity index (χ4n) is 3.37. The molecule has 98 valence electrons. The molecule has 4 nitrogen and oxygen atoms in total. The van der Waals surface area contributed by atoms with Gasteiger partial charge in [-0.15, -0.1) is 0 Å². The lowest BCUT2D eigenvalue weighted by atomic mass is 9.94. The van der Waals surface area contributed by atoms with E-state index in [1.54, 1.807) is 0 Å². The average molecular weight is 241 g/mol. The molecule has 0 saturated carbocycles. The van der Waals surface area contributed by atoms with Gasteiger partial charge in [0.25, 0.3) is 0 Å². The van der Waals surface area contributed by atoms with Crippen LogP contribution in [0.25, 0.3) is 0 Å². The predicted octanol–water partition coefficient (Wildman–Crippen LogP) is 0.903. The molecule has 4 heteroatoms. The fourth-order valence-corrected chi connectivity index (χ4v) is 3.37. The Labute approximate surface area is 103 Å². The molecule has 3 aliphatic rings. The lowest BCUT2D eigenvalue weighted by molar-refractivity contribution is -0.0730. The molecule has 0 spiro atoms. The third-order valence-electron chi connectivity index (χ3n) is 4.38. The molecule has 0 radical (unpaired) electrons. The van der Waals surface area contributed by atoms with E-state index in [4.69, 9.17) is 14.2 Å². The Morgan fingerprint density at radius 2 is 1.53 bits per heavy atom. The van der Waals surface area contributed by atoms with Crippen molar-refractivity contribution in [1.82, 2.24) is 4.90 Å². The monoisotopic (exact) mass is 241 g/mol. The van der Waals surface area contributed by atoms with Gasteiger partial charge in [0.05, 0.1) is 19.8 Å². The Balaban J connectivity index is 1.65. The van der Waals surface area contributed by atoms with E-state index in [9.17, 15) is 0 Å². The van der Waals surface area contributed by atoms with Crippen LogP contribution in [0.1, 0.15) is 19.3 Å². The molecule has 3 fully saturated rings. The number of hydrogen-bond acceptors (Lipinski definition) is 4. The molecule has 0 bridgehead atoms. The summed E-state index contributed by atoms with van der Waals surface area (Å²) >= 11 is 0. The predicted molar refractivity (Wildman–Crippen MR) is 64.1 cm³/mol. The molecule has 0 aliphatic carbocycles. The van der Waals surface area contributed by atoms with E-state index in [1.807, 2.05) is 0 Å². The summed E-state index contributed by atoms with van der Waals surface area (Å²) in [5, 5.41) is 0. The summed E-state index contributed by atoms with van der Waals surface area (Å²) in [5.74, 6) is 0.679. The Bertz CT molecular complexity index is 237. The Hall–Kier alpha value is -0.160. The minimum Gasteiger partial charge on any atom is -0.381 e. The molecule has 3 rings (SSSR count). The fraction of sp³-hybridized carbons (Fsp3) is 1.00. The molecule has 17 heavy (non-hydrogen) atoms. The zero-order chi connectivity index (χ0) is 11.5. The molecule has 0 aromatic rings. The SMILES string of the molecule is C1CC(N2CCOCC2C2CCOC2)CCO1. The van der Waals surface area contributed by atoms with Crippen molar-refractivity contribution in [2.75, 3.05) is 46.2 Å². The number of hydrogen-bond donors (Lipinski definition) is 0. The van der Waals surface area contributed by atoms with E-state index in [0.29, 0.717) is 18.0 Å². The van der Waals surface area contributed by atoms with Gasteiger partial charge in [-0.2, -0.15) is 0 Å². The second kappa shape index (κ2) is 5.65. The second-order valence-corrected chi connectivity index (χ2v) is 5.35. The highest BCUT2D eigenvalue weighted by molar-refractivity contribution is 4.88. The van der Waals surface area contributed by atoms with E-state index in [0.717, 1.165) is 46.2 Å². The summed E-state index contributed by atoms with van der Waals surface area (Å²) < 4.78 is 16.7. The first-order valence-corrected chi connectivity index (χ1v) is 6.94. The minimum atomic E-state index is 0.578. The first kappa shape index (κ1) is 11.9. The van der Waals surface area contributed by atoms with Crippen LogP contribution in [0, 0.1) is 5.92 Å². The highest BCUT2D eigenvalue weighted by Crippen LogP contribution is 2.28. The largest absolute Gasteiger partial charge is 0.381 e. The van der Waals surface area contributed by atoms with Gasteiger partial charge in [-0.3, -0.25) is 4.90 Å². The van der Waals surface area contributed by atoms with E-state index < -0.39 is 0 Å². The summed E-state index contributed by atoms with van der Waals surface area (Å²) in [5.41, 5.74) is 0. The number of ether oxygens (including phenoxy) is 3. The maximum Gasteiger partial charge on any atom is 0.0626 e. The van der Waals surface area contributed by atoms with Crippen molar-refractivity contribution < 1.29 is 14.2 Å². The van der Waals surface area contributed by atoms with Gasteiger partial charge in [-0.05, 0) is 19.3 Å². The Morgan fingerprint density at radius 3 is 2.29 bits per heavy atom. The van der Waals surface area contributed by atoms with Crippen LogP contribution in [0.3, 0.4) is 0 Å². The molecule has 2 atom stereocenters. The average Bonchev–Trinajstić information content (AvgIpc) is 2.94. The summed E-state index contributed by atoms with van der Waals surface area (Å²) in [4.78, 5) is 2.69. The summed E-state index contributed by atoms with van der Waals surface area (Å²) in [6.07, 6.45) is 3.57. The van der Waals surface area contributed by atoms with Crippen LogP contribution in [0.4, 0.5) is 0 Å². The molecule has 3 heterocycles. The van der Waals surface area contributed by atoms with Crippen molar-refractivity contribution in [2.45, 2.75) is 31.3 Å². The number of nitrogens with zero attached hydrogens (tertiary/aromatic N) is 1. The van der Waals surface area contributed by atoms with Crippen molar-refractivity contribution in [3.05, 3.63) is 0 Å². The highest BCUT2D eigenvalue weighted by Gasteiger charge is 2.36. The molecular formula is C13H23NO3. The molecular weight excluding hydrogens is 218 g/mol. The van der Waals surface area contributed by atoms with Gasteiger partial charge in [0, 0.05) is 44.4 Å². The summed E-state index contributed by atoms with van der Waals surface area (Å²) in [6, 6.07) is 1.28. The Kier molecular flexibility index (Phi) is 3.96. The van der Waals surface area contributed by atoms with Crippen LogP contribution in [0.15, 0.2) is 0 Å². The molecule has 0 aromatic heterocycles. The molecule has 0 N–H and O–H groups in total. The number of rotatable bonds is 2. The first-order chi connectivity index (χ1) is 8.45. The quantitative estimate of drug-likeness (QED) is 0.719. The van der Waals surface area contributed by atoms with Crippen molar-refractivity contribution in [3.63, 3.8) is 0 Å². The van der Waals surface area contributed by atoms with Crippen molar-refractivity contribution in [1.29, 1.82) is 0 Å². The topological polar surface area (TPSA) is 30.9 Å². The maximum atomic E-state index is 5.69. The van der Waals surface area contributed by atoms with Crippen LogP contribution in [0.2, 0.25) is 0 Å². The van der Waals surface area contributed by atoms with Crippen molar-refractivity contribution >= 4 is 0 Å². The van der Waals surface area contributed by atoms with E-state index in [-0.39, 0.29) is 0 Å². The molecule has 3 aliphatic heterocycles. The summed E-state index contributed by atoms with van der Waals surface area (Å²) in [6.45, 7) is 6.58. The van der Waals surface area contributed by atoms with Crippen LogP contribution in [0.5, 0.6) is 0 Å². The lowest BCUT2D eigenvalue weighted by Gasteiger charge is -2.44. The van der Waals surface area contributed by atoms with Crippen LogP contribution in [-0.2, 0) is 14.2 Å². The van der Waals surface area contributed by atoms with Gasteiger partial charge in [0.15, 0.2) is 0 Å². The van der Waals surface area contributed by atoms with Gasteiger partial charge >= 0.3 is 0 Å². The smallest absolute Gasteiger partial charge is 0.0626 e.